The van der Waals surface area contributed by atoms with Crippen molar-refractivity contribution in [3.8, 4) is 0 Å². The second-order valence-corrected chi connectivity index (χ2v) is 7.36. The topological polar surface area (TPSA) is 97.9 Å². The molecular weight excluding hydrogens is 344 g/mol. The van der Waals surface area contributed by atoms with Crippen LogP contribution < -0.4 is 10.6 Å². The molecule has 0 aliphatic heterocycles. The minimum absolute atomic E-state index is 0.0893. The second kappa shape index (κ2) is 7.61. The first kappa shape index (κ1) is 18.6. The van der Waals surface area contributed by atoms with E-state index in [2.05, 4.69) is 46.6 Å². The number of carbonyl (C=O) groups is 1. The van der Waals surface area contributed by atoms with Crippen LogP contribution >= 0.6 is 0 Å². The Hall–Kier alpha value is -3.16. The lowest BCUT2D eigenvalue weighted by Gasteiger charge is -2.13. The van der Waals surface area contributed by atoms with Crippen LogP contribution in [0.15, 0.2) is 40.9 Å². The van der Waals surface area contributed by atoms with Gasteiger partial charge < -0.3 is 9.84 Å². The molecule has 2 aromatic heterocycles. The summed E-state index contributed by atoms with van der Waals surface area (Å²) < 4.78 is 6.88. The molecule has 2 N–H and O–H groups in total. The average molecular weight is 368 g/mol. The number of aromatic nitrogens is 4. The Morgan fingerprint density at radius 1 is 1.22 bits per heavy atom. The van der Waals surface area contributed by atoms with Crippen molar-refractivity contribution in [2.45, 2.75) is 39.2 Å². The number of urea groups is 1. The summed E-state index contributed by atoms with van der Waals surface area (Å²) in [4.78, 5) is 16.4. The fraction of sp³-hybridized carbons (Fsp3) is 0.368. The van der Waals surface area contributed by atoms with Gasteiger partial charge in [-0.05, 0) is 5.56 Å². The maximum atomic E-state index is 12.1. The van der Waals surface area contributed by atoms with E-state index in [1.54, 1.807) is 11.7 Å². The van der Waals surface area contributed by atoms with Gasteiger partial charge in [0, 0.05) is 18.5 Å². The molecule has 3 aromatic rings. The van der Waals surface area contributed by atoms with Gasteiger partial charge in [0.05, 0.1) is 18.7 Å². The third-order valence-corrected chi connectivity index (χ3v) is 4.01. The van der Waals surface area contributed by atoms with Crippen molar-refractivity contribution < 1.29 is 9.32 Å². The monoisotopic (exact) mass is 368 g/mol. The van der Waals surface area contributed by atoms with Crippen LogP contribution in [0.1, 0.15) is 43.7 Å². The highest BCUT2D eigenvalue weighted by Gasteiger charge is 2.19. The van der Waals surface area contributed by atoms with E-state index in [1.165, 1.54) is 0 Å². The van der Waals surface area contributed by atoms with E-state index < -0.39 is 0 Å². The molecule has 0 unspecified atom stereocenters. The van der Waals surface area contributed by atoms with Crippen molar-refractivity contribution in [1.82, 2.24) is 25.2 Å². The Bertz CT molecular complexity index is 908. The van der Waals surface area contributed by atoms with Gasteiger partial charge in [-0.2, -0.15) is 10.1 Å². The van der Waals surface area contributed by atoms with Crippen molar-refractivity contribution in [2.24, 2.45) is 7.05 Å². The summed E-state index contributed by atoms with van der Waals surface area (Å²) in [6.07, 6.45) is 0.560. The molecule has 0 fully saturated rings. The van der Waals surface area contributed by atoms with Crippen molar-refractivity contribution in [3.63, 3.8) is 0 Å². The van der Waals surface area contributed by atoms with Gasteiger partial charge in [0.15, 0.2) is 5.82 Å². The number of amides is 2. The fourth-order valence-corrected chi connectivity index (χ4v) is 2.47. The summed E-state index contributed by atoms with van der Waals surface area (Å²) >= 11 is 0. The predicted octanol–water partition coefficient (Wildman–Crippen LogP) is 3.01. The van der Waals surface area contributed by atoms with Crippen LogP contribution in [0.25, 0.3) is 0 Å². The molecule has 0 spiro atoms. The molecule has 1 aromatic carbocycles. The van der Waals surface area contributed by atoms with E-state index in [0.717, 1.165) is 11.3 Å². The van der Waals surface area contributed by atoms with E-state index in [0.29, 0.717) is 24.0 Å². The molecular formula is C19H24N6O2. The van der Waals surface area contributed by atoms with Crippen molar-refractivity contribution in [3.05, 3.63) is 59.4 Å². The quantitative estimate of drug-likeness (QED) is 0.721. The molecule has 0 radical (unpaired) electrons. The highest BCUT2D eigenvalue weighted by molar-refractivity contribution is 5.88. The van der Waals surface area contributed by atoms with Crippen molar-refractivity contribution in [2.75, 3.05) is 5.32 Å². The summed E-state index contributed by atoms with van der Waals surface area (Å²) in [6.45, 7) is 6.39. The van der Waals surface area contributed by atoms with Crippen LogP contribution in [0.4, 0.5) is 10.6 Å². The lowest BCUT2D eigenvalue weighted by Crippen LogP contribution is -2.29. The number of nitrogens with zero attached hydrogens (tertiary/aromatic N) is 4. The maximum Gasteiger partial charge on any atom is 0.320 e. The van der Waals surface area contributed by atoms with Crippen molar-refractivity contribution in [1.29, 1.82) is 0 Å². The standard InChI is InChI=1S/C19H24N6O2/c1-19(2,3)14-11-16(25(4)23-14)22-18(26)20-12-15-21-17(27-24-15)10-13-8-6-5-7-9-13/h5-9,11H,10,12H2,1-4H3,(H2,20,22,26). The number of rotatable bonds is 5. The van der Waals surface area contributed by atoms with E-state index in [4.69, 9.17) is 4.52 Å². The number of anilines is 1. The summed E-state index contributed by atoms with van der Waals surface area (Å²) in [7, 11) is 1.79. The lowest BCUT2D eigenvalue weighted by molar-refractivity contribution is 0.251. The normalized spacial score (nSPS) is 11.4. The highest BCUT2D eigenvalue weighted by atomic mass is 16.5. The minimum atomic E-state index is -0.354. The molecule has 0 saturated carbocycles. The molecule has 8 heteroatoms. The van der Waals surface area contributed by atoms with E-state index in [-0.39, 0.29) is 18.0 Å². The molecule has 8 nitrogen and oxygen atoms in total. The molecule has 2 heterocycles. The van der Waals surface area contributed by atoms with E-state index >= 15 is 0 Å². The first-order chi connectivity index (χ1) is 12.8. The number of hydrogen-bond acceptors (Lipinski definition) is 5. The molecule has 2 amide bonds. The second-order valence-electron chi connectivity index (χ2n) is 7.36. The molecule has 0 saturated heterocycles. The van der Waals surface area contributed by atoms with Crippen LogP contribution in [0.2, 0.25) is 0 Å². The molecule has 27 heavy (non-hydrogen) atoms. The van der Waals surface area contributed by atoms with Gasteiger partial charge in [0.1, 0.15) is 5.82 Å². The highest BCUT2D eigenvalue weighted by Crippen LogP contribution is 2.23. The third-order valence-electron chi connectivity index (χ3n) is 4.01. The van der Waals surface area contributed by atoms with Gasteiger partial charge in [-0.1, -0.05) is 56.3 Å². The minimum Gasteiger partial charge on any atom is -0.339 e. The molecule has 0 atom stereocenters. The van der Waals surface area contributed by atoms with E-state index in [9.17, 15) is 4.79 Å². The van der Waals surface area contributed by atoms with Crippen molar-refractivity contribution >= 4 is 11.8 Å². The van der Waals surface area contributed by atoms with Gasteiger partial charge in [-0.25, -0.2) is 4.79 Å². The summed E-state index contributed by atoms with van der Waals surface area (Å²) in [6, 6.07) is 11.4. The van der Waals surface area contributed by atoms with Gasteiger partial charge in [0.2, 0.25) is 5.89 Å². The van der Waals surface area contributed by atoms with Gasteiger partial charge in [-0.3, -0.25) is 10.00 Å². The zero-order valence-electron chi connectivity index (χ0n) is 16.0. The predicted molar refractivity (Wildman–Crippen MR) is 101 cm³/mol. The van der Waals surface area contributed by atoms with Crippen LogP contribution in [0.5, 0.6) is 0 Å². The summed E-state index contributed by atoms with van der Waals surface area (Å²) in [5, 5.41) is 13.8. The zero-order valence-corrected chi connectivity index (χ0v) is 16.0. The molecule has 0 bridgehead atoms. The number of carbonyl (C=O) groups excluding carboxylic acids is 1. The van der Waals surface area contributed by atoms with Gasteiger partial charge in [0.25, 0.3) is 0 Å². The average Bonchev–Trinajstić information content (AvgIpc) is 3.21. The maximum absolute atomic E-state index is 12.1. The number of nitrogens with one attached hydrogen (secondary N) is 2. The zero-order chi connectivity index (χ0) is 19.4. The lowest BCUT2D eigenvalue weighted by atomic mass is 9.92. The smallest absolute Gasteiger partial charge is 0.320 e. The van der Waals surface area contributed by atoms with Gasteiger partial charge >= 0.3 is 6.03 Å². The van der Waals surface area contributed by atoms with Crippen LogP contribution in [-0.4, -0.2) is 26.0 Å². The Morgan fingerprint density at radius 3 is 2.63 bits per heavy atom. The Morgan fingerprint density at radius 2 is 1.96 bits per heavy atom. The third kappa shape index (κ3) is 4.93. The SMILES string of the molecule is Cn1nc(C(C)(C)C)cc1NC(=O)NCc1noc(Cc2ccccc2)n1. The molecule has 0 aliphatic carbocycles. The first-order valence-electron chi connectivity index (χ1n) is 8.76. The Balaban J connectivity index is 1.53. The van der Waals surface area contributed by atoms with Crippen LogP contribution in [0, 0.1) is 0 Å². The largest absolute Gasteiger partial charge is 0.339 e. The van der Waals surface area contributed by atoms with Gasteiger partial charge in [-0.15, -0.1) is 0 Å². The molecule has 142 valence electrons. The molecule has 0 aliphatic rings. The van der Waals surface area contributed by atoms with Crippen LogP contribution in [-0.2, 0) is 25.4 Å². The first-order valence-corrected chi connectivity index (χ1v) is 8.76. The van der Waals surface area contributed by atoms with Crippen LogP contribution in [0.3, 0.4) is 0 Å². The number of hydrogen-bond donors (Lipinski definition) is 2. The fourth-order valence-electron chi connectivity index (χ4n) is 2.47. The van der Waals surface area contributed by atoms with E-state index in [1.807, 2.05) is 36.4 Å². The Labute approximate surface area is 158 Å². The summed E-state index contributed by atoms with van der Waals surface area (Å²) in [5.41, 5.74) is 1.90. The molecule has 3 rings (SSSR count). The number of benzene rings is 1. The summed E-state index contributed by atoms with van der Waals surface area (Å²) in [5.74, 6) is 1.56. The Kier molecular flexibility index (Phi) is 5.25. The number of aryl methyl sites for hydroxylation is 1.